The fourth-order valence-corrected chi connectivity index (χ4v) is 3.55. The van der Waals surface area contributed by atoms with Crippen molar-refractivity contribution in [2.24, 2.45) is 11.8 Å². The van der Waals surface area contributed by atoms with Crippen molar-refractivity contribution in [1.29, 1.82) is 0 Å². The Bertz CT molecular complexity index is 356. The van der Waals surface area contributed by atoms with Crippen LogP contribution in [0.1, 0.15) is 25.7 Å². The lowest BCUT2D eigenvalue weighted by atomic mass is 9.71. The van der Waals surface area contributed by atoms with E-state index in [4.69, 9.17) is 9.84 Å². The Labute approximate surface area is 93.2 Å². The molecular formula is C11H15NO4. The second-order valence-corrected chi connectivity index (χ2v) is 4.94. The third kappa shape index (κ3) is 1.13. The Hall–Kier alpha value is -0.940. The minimum atomic E-state index is -0.478. The molecule has 0 saturated carbocycles. The van der Waals surface area contributed by atoms with Gasteiger partial charge in [0, 0.05) is 6.61 Å². The van der Waals surface area contributed by atoms with Gasteiger partial charge >= 0.3 is 0 Å². The summed E-state index contributed by atoms with van der Waals surface area (Å²) in [7, 11) is 0. The van der Waals surface area contributed by atoms with Gasteiger partial charge in [-0.25, -0.2) is 0 Å². The van der Waals surface area contributed by atoms with E-state index in [1.165, 1.54) is 0 Å². The van der Waals surface area contributed by atoms with Crippen LogP contribution in [0.25, 0.3) is 0 Å². The number of hydrogen-bond acceptors (Lipinski definition) is 4. The minimum absolute atomic E-state index is 0.0878. The second-order valence-electron chi connectivity index (χ2n) is 4.94. The van der Waals surface area contributed by atoms with Gasteiger partial charge in [0.05, 0.1) is 23.5 Å². The van der Waals surface area contributed by atoms with Gasteiger partial charge in [-0.3, -0.25) is 14.9 Å². The van der Waals surface area contributed by atoms with E-state index < -0.39 is 5.60 Å². The lowest BCUT2D eigenvalue weighted by Gasteiger charge is -2.30. The smallest absolute Gasteiger partial charge is 0.233 e. The van der Waals surface area contributed by atoms with E-state index in [0.717, 1.165) is 12.8 Å². The number of rotatable bonds is 3. The summed E-state index contributed by atoms with van der Waals surface area (Å²) < 4.78 is 5.88. The fraction of sp³-hybridized carbons (Fsp3) is 0.818. The summed E-state index contributed by atoms with van der Waals surface area (Å²) in [6, 6.07) is 0. The molecular weight excluding hydrogens is 210 g/mol. The Kier molecular flexibility index (Phi) is 2.09. The summed E-state index contributed by atoms with van der Waals surface area (Å²) in [5.41, 5.74) is -0.478. The summed E-state index contributed by atoms with van der Waals surface area (Å²) in [6.45, 7) is 0.0999. The monoisotopic (exact) mass is 225 g/mol. The van der Waals surface area contributed by atoms with Gasteiger partial charge in [-0.2, -0.15) is 0 Å². The van der Waals surface area contributed by atoms with Crippen LogP contribution in [0, 0.1) is 11.8 Å². The number of hydrogen-bond donors (Lipinski definition) is 2. The number of aliphatic hydroxyl groups is 1. The van der Waals surface area contributed by atoms with Gasteiger partial charge in [0.25, 0.3) is 0 Å². The SMILES string of the molecule is O=C1NC(=O)C2C1C1CCC2(CCCO)O1. The van der Waals surface area contributed by atoms with Crippen molar-refractivity contribution in [3.63, 3.8) is 0 Å². The number of carbonyl (C=O) groups excluding carboxylic acids is 2. The van der Waals surface area contributed by atoms with Crippen LogP contribution in [0.3, 0.4) is 0 Å². The fourth-order valence-electron chi connectivity index (χ4n) is 3.55. The number of fused-ring (bicyclic) bond motifs is 5. The molecule has 2 bridgehead atoms. The van der Waals surface area contributed by atoms with Crippen molar-refractivity contribution >= 4 is 11.8 Å². The Morgan fingerprint density at radius 1 is 1.44 bits per heavy atom. The van der Waals surface area contributed by atoms with Gasteiger partial charge in [-0.1, -0.05) is 0 Å². The third-order valence-electron chi connectivity index (χ3n) is 4.15. The maximum absolute atomic E-state index is 11.7. The summed E-state index contributed by atoms with van der Waals surface area (Å²) in [6.07, 6.45) is 2.89. The summed E-state index contributed by atoms with van der Waals surface area (Å²) in [5.74, 6) is -0.953. The summed E-state index contributed by atoms with van der Waals surface area (Å²) >= 11 is 0. The lowest BCUT2D eigenvalue weighted by molar-refractivity contribution is -0.131. The first-order chi connectivity index (χ1) is 7.68. The van der Waals surface area contributed by atoms with Crippen LogP contribution in [0.5, 0.6) is 0 Å². The average Bonchev–Trinajstić information content (AvgIpc) is 2.88. The molecule has 0 aromatic heterocycles. The molecule has 3 heterocycles. The molecule has 88 valence electrons. The van der Waals surface area contributed by atoms with E-state index in [0.29, 0.717) is 12.8 Å². The minimum Gasteiger partial charge on any atom is -0.396 e. The molecule has 0 radical (unpaired) electrons. The van der Waals surface area contributed by atoms with Crippen molar-refractivity contribution in [2.45, 2.75) is 37.4 Å². The highest BCUT2D eigenvalue weighted by Gasteiger charge is 2.66. The highest BCUT2D eigenvalue weighted by Crippen LogP contribution is 2.55. The van der Waals surface area contributed by atoms with E-state index >= 15 is 0 Å². The normalized spacial score (nSPS) is 44.9. The van der Waals surface area contributed by atoms with Crippen molar-refractivity contribution in [3.05, 3.63) is 0 Å². The molecule has 3 rings (SSSR count). The van der Waals surface area contributed by atoms with Crippen molar-refractivity contribution in [1.82, 2.24) is 5.32 Å². The third-order valence-corrected chi connectivity index (χ3v) is 4.15. The highest BCUT2D eigenvalue weighted by atomic mass is 16.5. The molecule has 3 aliphatic heterocycles. The molecule has 16 heavy (non-hydrogen) atoms. The molecule has 4 unspecified atom stereocenters. The van der Waals surface area contributed by atoms with E-state index in [9.17, 15) is 9.59 Å². The zero-order valence-electron chi connectivity index (χ0n) is 8.94. The zero-order chi connectivity index (χ0) is 11.3. The molecule has 5 nitrogen and oxygen atoms in total. The topological polar surface area (TPSA) is 75.6 Å². The number of ether oxygens (including phenoxy) is 1. The summed E-state index contributed by atoms with van der Waals surface area (Å²) in [5, 5.41) is 11.3. The van der Waals surface area contributed by atoms with Crippen LogP contribution in [-0.4, -0.2) is 35.2 Å². The van der Waals surface area contributed by atoms with Crippen LogP contribution >= 0.6 is 0 Å². The van der Waals surface area contributed by atoms with Gasteiger partial charge in [0.15, 0.2) is 0 Å². The number of amides is 2. The van der Waals surface area contributed by atoms with Gasteiger partial charge in [0.2, 0.25) is 11.8 Å². The Morgan fingerprint density at radius 2 is 2.25 bits per heavy atom. The Morgan fingerprint density at radius 3 is 3.00 bits per heavy atom. The van der Waals surface area contributed by atoms with E-state index in [1.54, 1.807) is 0 Å². The molecule has 4 atom stereocenters. The van der Waals surface area contributed by atoms with Crippen LogP contribution < -0.4 is 5.32 Å². The van der Waals surface area contributed by atoms with Crippen LogP contribution in [0.15, 0.2) is 0 Å². The highest BCUT2D eigenvalue weighted by molar-refractivity contribution is 6.06. The van der Waals surface area contributed by atoms with Crippen LogP contribution in [-0.2, 0) is 14.3 Å². The molecule has 3 fully saturated rings. The largest absolute Gasteiger partial charge is 0.396 e. The first-order valence-electron chi connectivity index (χ1n) is 5.81. The maximum Gasteiger partial charge on any atom is 0.233 e. The van der Waals surface area contributed by atoms with Gasteiger partial charge < -0.3 is 9.84 Å². The Balaban J connectivity index is 1.90. The number of aliphatic hydroxyl groups excluding tert-OH is 1. The number of carbonyl (C=O) groups is 2. The van der Waals surface area contributed by atoms with E-state index in [2.05, 4.69) is 5.32 Å². The standard InChI is InChI=1S/C11H15NO4/c13-5-1-3-11-4-2-6(16-11)7-8(11)10(15)12-9(7)14/h6-8,13H,1-5H2,(H,12,14,15). The van der Waals surface area contributed by atoms with Gasteiger partial charge in [-0.05, 0) is 25.7 Å². The molecule has 5 heteroatoms. The second kappa shape index (κ2) is 3.28. The quantitative estimate of drug-likeness (QED) is 0.640. The predicted octanol–water partition coefficient (Wildman–Crippen LogP) is -0.421. The van der Waals surface area contributed by atoms with E-state index in [-0.39, 0.29) is 36.4 Å². The van der Waals surface area contributed by atoms with Crippen LogP contribution in [0.4, 0.5) is 0 Å². The predicted molar refractivity (Wildman–Crippen MR) is 53.3 cm³/mol. The molecule has 0 aromatic carbocycles. The van der Waals surface area contributed by atoms with Gasteiger partial charge in [-0.15, -0.1) is 0 Å². The molecule has 2 N–H and O–H groups in total. The average molecular weight is 225 g/mol. The first kappa shape index (κ1) is 10.2. The van der Waals surface area contributed by atoms with Crippen molar-refractivity contribution in [3.8, 4) is 0 Å². The van der Waals surface area contributed by atoms with E-state index in [1.807, 2.05) is 0 Å². The number of imide groups is 1. The van der Waals surface area contributed by atoms with Gasteiger partial charge in [0.1, 0.15) is 0 Å². The molecule has 0 spiro atoms. The molecule has 0 aliphatic carbocycles. The first-order valence-corrected chi connectivity index (χ1v) is 5.81. The zero-order valence-corrected chi connectivity index (χ0v) is 8.94. The maximum atomic E-state index is 11.7. The molecule has 2 amide bonds. The lowest BCUT2D eigenvalue weighted by Crippen LogP contribution is -2.41. The van der Waals surface area contributed by atoms with Crippen molar-refractivity contribution in [2.75, 3.05) is 6.61 Å². The molecule has 0 aromatic rings. The van der Waals surface area contributed by atoms with Crippen LogP contribution in [0.2, 0.25) is 0 Å². The molecule has 3 saturated heterocycles. The summed E-state index contributed by atoms with van der Waals surface area (Å²) in [4.78, 5) is 23.4. The number of nitrogens with one attached hydrogen (secondary N) is 1. The van der Waals surface area contributed by atoms with Crippen molar-refractivity contribution < 1.29 is 19.4 Å². The molecule has 3 aliphatic rings.